The first-order valence-electron chi connectivity index (χ1n) is 10.0. The van der Waals surface area contributed by atoms with Crippen LogP contribution in [0.15, 0.2) is 54.6 Å². The molecule has 0 unspecified atom stereocenters. The number of carbonyl (C=O) groups excluding carboxylic acids is 2. The van der Waals surface area contributed by atoms with E-state index in [-0.39, 0.29) is 11.8 Å². The van der Waals surface area contributed by atoms with Crippen LogP contribution in [0.1, 0.15) is 24.0 Å². The number of rotatable bonds is 5. The first-order valence-corrected chi connectivity index (χ1v) is 10.0. The monoisotopic (exact) mass is 377 g/mol. The molecule has 2 amide bonds. The van der Waals surface area contributed by atoms with Crippen LogP contribution in [0.25, 0.3) is 0 Å². The summed E-state index contributed by atoms with van der Waals surface area (Å²) in [6.07, 6.45) is 1.31. The maximum absolute atomic E-state index is 13.1. The second-order valence-electron chi connectivity index (χ2n) is 7.87. The molecule has 1 heterocycles. The van der Waals surface area contributed by atoms with Crippen molar-refractivity contribution in [3.05, 3.63) is 65.7 Å². The quantitative estimate of drug-likeness (QED) is 0.815. The number of anilines is 1. The van der Waals surface area contributed by atoms with Crippen molar-refractivity contribution in [3.8, 4) is 0 Å². The van der Waals surface area contributed by atoms with E-state index in [2.05, 4.69) is 28.4 Å². The van der Waals surface area contributed by atoms with Gasteiger partial charge in [0.15, 0.2) is 0 Å². The van der Waals surface area contributed by atoms with Gasteiger partial charge in [-0.1, -0.05) is 48.0 Å². The highest BCUT2D eigenvalue weighted by atomic mass is 16.2. The van der Waals surface area contributed by atoms with Crippen LogP contribution < -0.4 is 10.2 Å². The fraction of sp³-hybridized carbons (Fsp3) is 0.391. The van der Waals surface area contributed by atoms with Gasteiger partial charge < -0.3 is 15.1 Å². The van der Waals surface area contributed by atoms with Crippen LogP contribution in [0.3, 0.4) is 0 Å². The van der Waals surface area contributed by atoms with E-state index in [0.29, 0.717) is 32.5 Å². The lowest BCUT2D eigenvalue weighted by atomic mass is 10.0. The Balaban J connectivity index is 1.33. The molecule has 1 aliphatic carbocycles. The van der Waals surface area contributed by atoms with Gasteiger partial charge in [-0.15, -0.1) is 0 Å². The molecular weight excluding hydrogens is 350 g/mol. The average Bonchev–Trinajstić information content (AvgIpc) is 3.54. The molecule has 2 fully saturated rings. The Morgan fingerprint density at radius 1 is 0.964 bits per heavy atom. The lowest BCUT2D eigenvalue weighted by Crippen LogP contribution is -2.53. The maximum atomic E-state index is 13.1. The van der Waals surface area contributed by atoms with Crippen molar-refractivity contribution in [3.63, 3.8) is 0 Å². The largest absolute Gasteiger partial charge is 0.368 e. The Morgan fingerprint density at radius 2 is 1.68 bits per heavy atom. The Kier molecular flexibility index (Phi) is 5.07. The SMILES string of the molecule is Cc1cccc(CNC(=O)C2(C(=O)N3CCN(c4ccccc4)CC3)CC2)c1. The molecule has 0 spiro atoms. The van der Waals surface area contributed by atoms with Gasteiger partial charge in [-0.05, 0) is 37.5 Å². The molecule has 0 atom stereocenters. The molecule has 1 aliphatic heterocycles. The van der Waals surface area contributed by atoms with Gasteiger partial charge in [0.1, 0.15) is 5.41 Å². The normalized spacial score (nSPS) is 17.9. The van der Waals surface area contributed by atoms with Gasteiger partial charge in [0.05, 0.1) is 0 Å². The van der Waals surface area contributed by atoms with Crippen molar-refractivity contribution in [2.24, 2.45) is 5.41 Å². The lowest BCUT2D eigenvalue weighted by Gasteiger charge is -2.37. The second-order valence-corrected chi connectivity index (χ2v) is 7.87. The summed E-state index contributed by atoms with van der Waals surface area (Å²) in [6.45, 7) is 5.44. The summed E-state index contributed by atoms with van der Waals surface area (Å²) in [7, 11) is 0. The molecule has 1 saturated carbocycles. The van der Waals surface area contributed by atoms with Crippen molar-refractivity contribution in [1.29, 1.82) is 0 Å². The summed E-state index contributed by atoms with van der Waals surface area (Å²) < 4.78 is 0. The van der Waals surface area contributed by atoms with Crippen LogP contribution in [-0.4, -0.2) is 42.9 Å². The number of amides is 2. The highest BCUT2D eigenvalue weighted by Crippen LogP contribution is 2.47. The standard InChI is InChI=1S/C23H27N3O2/c1-18-6-5-7-19(16-18)17-24-21(27)23(10-11-23)22(28)26-14-12-25(13-15-26)20-8-3-2-4-9-20/h2-9,16H,10-15,17H2,1H3,(H,24,27). The minimum atomic E-state index is -0.835. The molecule has 0 aromatic heterocycles. The summed E-state index contributed by atoms with van der Waals surface area (Å²) in [5, 5.41) is 2.99. The van der Waals surface area contributed by atoms with Gasteiger partial charge in [-0.2, -0.15) is 0 Å². The Morgan fingerprint density at radius 3 is 2.32 bits per heavy atom. The van der Waals surface area contributed by atoms with Gasteiger partial charge in [0, 0.05) is 38.4 Å². The van der Waals surface area contributed by atoms with Gasteiger partial charge in [-0.25, -0.2) is 0 Å². The van der Waals surface area contributed by atoms with E-state index in [0.717, 1.165) is 18.7 Å². The molecule has 2 aromatic carbocycles. The summed E-state index contributed by atoms with van der Waals surface area (Å²) in [5.74, 6) is -0.119. The molecule has 5 heteroatoms. The van der Waals surface area contributed by atoms with Crippen LogP contribution in [0.5, 0.6) is 0 Å². The fourth-order valence-corrected chi connectivity index (χ4v) is 3.95. The number of nitrogens with zero attached hydrogens (tertiary/aromatic N) is 2. The molecular formula is C23H27N3O2. The zero-order valence-electron chi connectivity index (χ0n) is 16.4. The van der Waals surface area contributed by atoms with Gasteiger partial charge in [0.25, 0.3) is 0 Å². The zero-order chi connectivity index (χ0) is 19.6. The molecule has 5 nitrogen and oxygen atoms in total. The molecule has 4 rings (SSSR count). The van der Waals surface area contributed by atoms with E-state index >= 15 is 0 Å². The number of benzene rings is 2. The predicted octanol–water partition coefficient (Wildman–Crippen LogP) is 2.74. The van der Waals surface area contributed by atoms with Gasteiger partial charge >= 0.3 is 0 Å². The summed E-state index contributed by atoms with van der Waals surface area (Å²) in [5.41, 5.74) is 2.58. The summed E-state index contributed by atoms with van der Waals surface area (Å²) in [6, 6.07) is 18.3. The molecule has 146 valence electrons. The van der Waals surface area contributed by atoms with Crippen molar-refractivity contribution in [2.45, 2.75) is 26.3 Å². The van der Waals surface area contributed by atoms with Crippen molar-refractivity contribution in [2.75, 3.05) is 31.1 Å². The smallest absolute Gasteiger partial charge is 0.238 e. The minimum absolute atomic E-state index is 0.00181. The highest BCUT2D eigenvalue weighted by Gasteiger charge is 2.58. The Bertz CT molecular complexity index is 853. The van der Waals surface area contributed by atoms with Crippen LogP contribution in [0.2, 0.25) is 0 Å². The second kappa shape index (κ2) is 7.66. The first kappa shape index (κ1) is 18.5. The fourth-order valence-electron chi connectivity index (χ4n) is 3.95. The maximum Gasteiger partial charge on any atom is 0.238 e. The van der Waals surface area contributed by atoms with Crippen LogP contribution >= 0.6 is 0 Å². The molecule has 2 aromatic rings. The molecule has 2 aliphatic rings. The van der Waals surface area contributed by atoms with Crippen molar-refractivity contribution in [1.82, 2.24) is 10.2 Å². The summed E-state index contributed by atoms with van der Waals surface area (Å²) in [4.78, 5) is 30.0. The Hall–Kier alpha value is -2.82. The van der Waals surface area contributed by atoms with Crippen molar-refractivity contribution >= 4 is 17.5 Å². The number of nitrogens with one attached hydrogen (secondary N) is 1. The Labute approximate surface area is 166 Å². The third-order valence-corrected chi connectivity index (χ3v) is 5.82. The molecule has 1 saturated heterocycles. The predicted molar refractivity (Wildman–Crippen MR) is 110 cm³/mol. The third-order valence-electron chi connectivity index (χ3n) is 5.82. The van der Waals surface area contributed by atoms with E-state index in [1.54, 1.807) is 0 Å². The number of aryl methyl sites for hydroxylation is 1. The van der Waals surface area contributed by atoms with Gasteiger partial charge in [0.2, 0.25) is 11.8 Å². The van der Waals surface area contributed by atoms with E-state index in [1.165, 1.54) is 11.3 Å². The van der Waals surface area contributed by atoms with E-state index < -0.39 is 5.41 Å². The number of hydrogen-bond acceptors (Lipinski definition) is 3. The topological polar surface area (TPSA) is 52.7 Å². The number of carbonyl (C=O) groups is 2. The molecule has 1 N–H and O–H groups in total. The summed E-state index contributed by atoms with van der Waals surface area (Å²) >= 11 is 0. The van der Waals surface area contributed by atoms with E-state index in [1.807, 2.05) is 48.2 Å². The minimum Gasteiger partial charge on any atom is -0.368 e. The average molecular weight is 377 g/mol. The zero-order valence-corrected chi connectivity index (χ0v) is 16.4. The van der Waals surface area contributed by atoms with E-state index in [9.17, 15) is 9.59 Å². The highest BCUT2D eigenvalue weighted by molar-refractivity contribution is 6.07. The van der Waals surface area contributed by atoms with Crippen LogP contribution in [0.4, 0.5) is 5.69 Å². The number of para-hydroxylation sites is 1. The van der Waals surface area contributed by atoms with Gasteiger partial charge in [-0.3, -0.25) is 9.59 Å². The molecule has 0 bridgehead atoms. The lowest BCUT2D eigenvalue weighted by molar-refractivity contribution is -0.144. The first-order chi connectivity index (χ1) is 13.6. The van der Waals surface area contributed by atoms with Crippen LogP contribution in [-0.2, 0) is 16.1 Å². The third kappa shape index (κ3) is 3.75. The molecule has 0 radical (unpaired) electrons. The molecule has 28 heavy (non-hydrogen) atoms. The van der Waals surface area contributed by atoms with Crippen molar-refractivity contribution < 1.29 is 9.59 Å². The van der Waals surface area contributed by atoms with Crippen LogP contribution in [0, 0.1) is 12.3 Å². The number of hydrogen-bond donors (Lipinski definition) is 1. The van der Waals surface area contributed by atoms with E-state index in [4.69, 9.17) is 0 Å². The number of piperazine rings is 1.